The standard InChI is InChI=1S/C15H20F3NO6S/c1-14(2,3)24-13(21)19-8-7-12(20)10-5-4-6-11(9-10)25-26(22,23)15(16,17)18/h4-6,9,12,20H,7-8H2,1-3H3,(H,19,21)/t12-/m1/s1. The summed E-state index contributed by atoms with van der Waals surface area (Å²) in [6, 6.07) is 4.60. The Morgan fingerprint density at radius 1 is 1.27 bits per heavy atom. The molecular formula is C15H20F3NO6S. The van der Waals surface area contributed by atoms with Crippen LogP contribution < -0.4 is 9.50 Å². The van der Waals surface area contributed by atoms with E-state index in [0.717, 1.165) is 12.1 Å². The number of benzene rings is 1. The predicted octanol–water partition coefficient (Wildman–Crippen LogP) is 2.86. The molecule has 2 N–H and O–H groups in total. The molecule has 0 aliphatic rings. The lowest BCUT2D eigenvalue weighted by Gasteiger charge is -2.20. The Kier molecular flexibility index (Phi) is 6.88. The number of ether oxygens (including phenoxy) is 1. The van der Waals surface area contributed by atoms with Gasteiger partial charge in [0.15, 0.2) is 0 Å². The van der Waals surface area contributed by atoms with Gasteiger partial charge in [-0.15, -0.1) is 0 Å². The number of nitrogens with one attached hydrogen (secondary N) is 1. The van der Waals surface area contributed by atoms with Crippen LogP contribution in [0.25, 0.3) is 0 Å². The second-order valence-corrected chi connectivity index (χ2v) is 7.83. The molecule has 0 unspecified atom stereocenters. The van der Waals surface area contributed by atoms with Gasteiger partial charge in [0.2, 0.25) is 0 Å². The summed E-state index contributed by atoms with van der Waals surface area (Å²) in [4.78, 5) is 11.5. The molecular weight excluding hydrogens is 379 g/mol. The number of alkyl carbamates (subject to hydrolysis) is 1. The maximum absolute atomic E-state index is 12.3. The number of carbonyl (C=O) groups excluding carboxylic acids is 1. The second-order valence-electron chi connectivity index (χ2n) is 6.29. The largest absolute Gasteiger partial charge is 0.534 e. The van der Waals surface area contributed by atoms with Gasteiger partial charge in [-0.25, -0.2) is 4.79 Å². The van der Waals surface area contributed by atoms with Crippen molar-refractivity contribution in [2.24, 2.45) is 0 Å². The molecule has 0 fully saturated rings. The molecule has 26 heavy (non-hydrogen) atoms. The molecule has 0 radical (unpaired) electrons. The molecule has 0 heterocycles. The van der Waals surface area contributed by atoms with E-state index in [1.165, 1.54) is 12.1 Å². The van der Waals surface area contributed by atoms with E-state index >= 15 is 0 Å². The Balaban J connectivity index is 2.66. The number of halogens is 3. The monoisotopic (exact) mass is 399 g/mol. The third-order valence-corrected chi connectivity index (χ3v) is 3.80. The summed E-state index contributed by atoms with van der Waals surface area (Å²) in [5.41, 5.74) is -6.11. The third kappa shape index (κ3) is 7.08. The first kappa shape index (κ1) is 22.0. The van der Waals surface area contributed by atoms with Crippen LogP contribution in [0.5, 0.6) is 5.75 Å². The van der Waals surface area contributed by atoms with Crippen molar-refractivity contribution in [1.82, 2.24) is 5.32 Å². The highest BCUT2D eigenvalue weighted by atomic mass is 32.2. The smallest absolute Gasteiger partial charge is 0.444 e. The lowest BCUT2D eigenvalue weighted by atomic mass is 10.1. The highest BCUT2D eigenvalue weighted by Gasteiger charge is 2.48. The minimum Gasteiger partial charge on any atom is -0.444 e. The molecule has 1 rings (SSSR count). The van der Waals surface area contributed by atoms with Gasteiger partial charge in [-0.05, 0) is 44.9 Å². The summed E-state index contributed by atoms with van der Waals surface area (Å²) in [6.07, 6.45) is -1.82. The van der Waals surface area contributed by atoms with Crippen LogP contribution in [0.1, 0.15) is 38.9 Å². The maximum Gasteiger partial charge on any atom is 0.534 e. The molecule has 0 aliphatic heterocycles. The number of aliphatic hydroxyl groups excluding tert-OH is 1. The van der Waals surface area contributed by atoms with E-state index in [4.69, 9.17) is 4.74 Å². The molecule has 1 amide bonds. The number of carbonyl (C=O) groups is 1. The van der Waals surface area contributed by atoms with Crippen LogP contribution in [0.4, 0.5) is 18.0 Å². The molecule has 0 bridgehead atoms. The van der Waals surface area contributed by atoms with Crippen LogP contribution in [-0.2, 0) is 14.9 Å². The van der Waals surface area contributed by atoms with Gasteiger partial charge in [0.1, 0.15) is 11.4 Å². The number of alkyl halides is 3. The lowest BCUT2D eigenvalue weighted by molar-refractivity contribution is -0.0500. The Bertz CT molecular complexity index is 728. The summed E-state index contributed by atoms with van der Waals surface area (Å²) in [6.45, 7) is 5.08. The van der Waals surface area contributed by atoms with Crippen molar-refractivity contribution in [3.63, 3.8) is 0 Å². The SMILES string of the molecule is CC(C)(C)OC(=O)NCC[C@@H](O)c1cccc(OS(=O)(=O)C(F)(F)F)c1. The maximum atomic E-state index is 12.3. The molecule has 7 nitrogen and oxygen atoms in total. The number of amides is 1. The Labute approximate surface area is 149 Å². The van der Waals surface area contributed by atoms with Crippen LogP contribution >= 0.6 is 0 Å². The highest BCUT2D eigenvalue weighted by molar-refractivity contribution is 7.88. The fourth-order valence-electron chi connectivity index (χ4n) is 1.74. The van der Waals surface area contributed by atoms with E-state index in [2.05, 4.69) is 9.50 Å². The normalized spacial score (nSPS) is 13.8. The van der Waals surface area contributed by atoms with Crippen molar-refractivity contribution in [3.05, 3.63) is 29.8 Å². The number of rotatable bonds is 6. The predicted molar refractivity (Wildman–Crippen MR) is 85.9 cm³/mol. The zero-order chi connectivity index (χ0) is 20.2. The Morgan fingerprint density at radius 3 is 2.42 bits per heavy atom. The molecule has 0 saturated carbocycles. The van der Waals surface area contributed by atoms with Crippen LogP contribution in [0.2, 0.25) is 0 Å². The van der Waals surface area contributed by atoms with Gasteiger partial charge in [-0.3, -0.25) is 0 Å². The summed E-state index contributed by atoms with van der Waals surface area (Å²) in [5.74, 6) is -0.584. The fraction of sp³-hybridized carbons (Fsp3) is 0.533. The van der Waals surface area contributed by atoms with Gasteiger partial charge in [-0.2, -0.15) is 21.6 Å². The molecule has 0 spiro atoms. The fourth-order valence-corrected chi connectivity index (χ4v) is 2.19. The van der Waals surface area contributed by atoms with Crippen LogP contribution in [-0.4, -0.2) is 37.3 Å². The Morgan fingerprint density at radius 2 is 1.88 bits per heavy atom. The molecule has 148 valence electrons. The van der Waals surface area contributed by atoms with Gasteiger partial charge in [-0.1, -0.05) is 12.1 Å². The number of hydrogen-bond acceptors (Lipinski definition) is 6. The molecule has 1 aromatic carbocycles. The minimum atomic E-state index is -5.79. The molecule has 1 aromatic rings. The van der Waals surface area contributed by atoms with E-state index < -0.39 is 39.2 Å². The van der Waals surface area contributed by atoms with Gasteiger partial charge in [0.25, 0.3) is 0 Å². The second kappa shape index (κ2) is 8.12. The average molecular weight is 399 g/mol. The lowest BCUT2D eigenvalue weighted by Crippen LogP contribution is -2.33. The van der Waals surface area contributed by atoms with Crippen LogP contribution in [0, 0.1) is 0 Å². The van der Waals surface area contributed by atoms with Gasteiger partial charge >= 0.3 is 21.7 Å². The average Bonchev–Trinajstić information content (AvgIpc) is 2.43. The molecule has 0 aromatic heterocycles. The minimum absolute atomic E-state index is 0.0225. The van der Waals surface area contributed by atoms with E-state index in [1.54, 1.807) is 20.8 Å². The summed E-state index contributed by atoms with van der Waals surface area (Å²) >= 11 is 0. The van der Waals surface area contributed by atoms with Crippen molar-refractivity contribution in [2.45, 2.75) is 44.4 Å². The van der Waals surface area contributed by atoms with Crippen molar-refractivity contribution in [2.75, 3.05) is 6.54 Å². The zero-order valence-corrected chi connectivity index (χ0v) is 15.1. The van der Waals surface area contributed by atoms with Gasteiger partial charge < -0.3 is 19.3 Å². The Hall–Kier alpha value is -2.01. The topological polar surface area (TPSA) is 102 Å². The zero-order valence-electron chi connectivity index (χ0n) is 14.3. The quantitative estimate of drug-likeness (QED) is 0.563. The van der Waals surface area contributed by atoms with Crippen LogP contribution in [0.3, 0.4) is 0 Å². The first-order valence-electron chi connectivity index (χ1n) is 7.47. The van der Waals surface area contributed by atoms with E-state index in [9.17, 15) is 31.5 Å². The van der Waals surface area contributed by atoms with Crippen molar-refractivity contribution in [3.8, 4) is 5.75 Å². The molecule has 1 atom stereocenters. The summed E-state index contributed by atoms with van der Waals surface area (Å²) in [7, 11) is -5.79. The van der Waals surface area contributed by atoms with Crippen molar-refractivity contribution >= 4 is 16.2 Å². The van der Waals surface area contributed by atoms with Crippen molar-refractivity contribution < 1.29 is 40.4 Å². The number of aliphatic hydroxyl groups is 1. The highest BCUT2D eigenvalue weighted by Crippen LogP contribution is 2.28. The van der Waals surface area contributed by atoms with Gasteiger partial charge in [0, 0.05) is 6.54 Å². The molecule has 11 heteroatoms. The van der Waals surface area contributed by atoms with Gasteiger partial charge in [0.05, 0.1) is 6.10 Å². The first-order valence-corrected chi connectivity index (χ1v) is 8.88. The summed E-state index contributed by atoms with van der Waals surface area (Å²) in [5, 5.41) is 12.4. The summed E-state index contributed by atoms with van der Waals surface area (Å²) < 4.78 is 68.0. The van der Waals surface area contributed by atoms with E-state index in [-0.39, 0.29) is 18.5 Å². The first-order chi connectivity index (χ1) is 11.7. The van der Waals surface area contributed by atoms with E-state index in [1.807, 2.05) is 0 Å². The van der Waals surface area contributed by atoms with Crippen molar-refractivity contribution in [1.29, 1.82) is 0 Å². The third-order valence-electron chi connectivity index (χ3n) is 2.82. The van der Waals surface area contributed by atoms with E-state index in [0.29, 0.717) is 0 Å². The molecule has 0 aliphatic carbocycles. The number of hydrogen-bond donors (Lipinski definition) is 2. The molecule has 0 saturated heterocycles. The van der Waals surface area contributed by atoms with Crippen LogP contribution in [0.15, 0.2) is 24.3 Å².